The highest BCUT2D eigenvalue weighted by Crippen LogP contribution is 2.38. The monoisotopic (exact) mass is 350 g/mol. The molecule has 0 saturated heterocycles. The maximum Gasteiger partial charge on any atom is 0.337 e. The number of aromatic hydroxyl groups is 1. The predicted octanol–water partition coefficient (Wildman–Crippen LogP) is 3.28. The van der Waals surface area contributed by atoms with Gasteiger partial charge >= 0.3 is 5.97 Å². The van der Waals surface area contributed by atoms with E-state index in [1.807, 2.05) is 18.2 Å². The van der Waals surface area contributed by atoms with E-state index >= 15 is 0 Å². The molecule has 1 aromatic heterocycles. The fourth-order valence-electron chi connectivity index (χ4n) is 3.99. The minimum absolute atomic E-state index is 0.171. The lowest BCUT2D eigenvalue weighted by Crippen LogP contribution is -2.28. The molecule has 0 bridgehead atoms. The Labute approximate surface area is 152 Å². The largest absolute Gasteiger partial charge is 0.507 e. The van der Waals surface area contributed by atoms with Crippen LogP contribution in [0.1, 0.15) is 27.2 Å². The number of likely N-dealkylation sites (N-methyl/N-ethyl adjacent to an activating group) is 1. The molecule has 0 amide bonds. The van der Waals surface area contributed by atoms with E-state index < -0.39 is 5.97 Å². The third kappa shape index (κ3) is 2.74. The number of rotatable bonds is 4. The van der Waals surface area contributed by atoms with Crippen molar-refractivity contribution in [2.24, 2.45) is 0 Å². The smallest absolute Gasteiger partial charge is 0.337 e. The van der Waals surface area contributed by atoms with E-state index in [-0.39, 0.29) is 11.3 Å². The molecule has 0 spiro atoms. The van der Waals surface area contributed by atoms with Crippen LogP contribution in [0.3, 0.4) is 0 Å². The Hall–Kier alpha value is -2.79. The lowest BCUT2D eigenvalue weighted by molar-refractivity contribution is 0.0698. The number of fused-ring (bicyclic) bond motifs is 3. The van der Waals surface area contributed by atoms with Gasteiger partial charge in [0.25, 0.3) is 0 Å². The van der Waals surface area contributed by atoms with Crippen LogP contribution in [0.4, 0.5) is 0 Å². The molecule has 26 heavy (non-hydrogen) atoms. The van der Waals surface area contributed by atoms with Gasteiger partial charge in [-0.3, -0.25) is 0 Å². The number of nitrogens with zero attached hydrogens (tertiary/aromatic N) is 2. The van der Waals surface area contributed by atoms with Gasteiger partial charge in [0.15, 0.2) is 0 Å². The third-order valence-electron chi connectivity index (χ3n) is 5.26. The van der Waals surface area contributed by atoms with Crippen molar-refractivity contribution in [1.29, 1.82) is 0 Å². The Bertz CT molecular complexity index is 976. The fourth-order valence-corrected chi connectivity index (χ4v) is 3.99. The summed E-state index contributed by atoms with van der Waals surface area (Å²) in [5.74, 6) is -0.788. The number of hydrogen-bond donors (Lipinski definition) is 2. The Balaban J connectivity index is 1.90. The summed E-state index contributed by atoms with van der Waals surface area (Å²) in [6.07, 6.45) is 1.63. The van der Waals surface area contributed by atoms with Gasteiger partial charge in [0.1, 0.15) is 5.75 Å². The Kier molecular flexibility index (Phi) is 4.17. The van der Waals surface area contributed by atoms with Crippen LogP contribution in [0, 0.1) is 0 Å². The van der Waals surface area contributed by atoms with Gasteiger partial charge in [0, 0.05) is 30.7 Å². The van der Waals surface area contributed by atoms with Crippen LogP contribution in [0.25, 0.3) is 10.9 Å². The molecule has 0 fully saturated rings. The number of phenols is 1. The third-order valence-corrected chi connectivity index (χ3v) is 5.26. The van der Waals surface area contributed by atoms with E-state index in [1.165, 1.54) is 17.7 Å². The number of aryl methyl sites for hydroxylation is 2. The van der Waals surface area contributed by atoms with Gasteiger partial charge in [-0.05, 0) is 43.1 Å². The van der Waals surface area contributed by atoms with Gasteiger partial charge in [-0.1, -0.05) is 30.3 Å². The molecular weight excluding hydrogens is 328 g/mol. The summed E-state index contributed by atoms with van der Waals surface area (Å²) >= 11 is 0. The first-order chi connectivity index (χ1) is 12.6. The van der Waals surface area contributed by atoms with Gasteiger partial charge in [0.2, 0.25) is 0 Å². The molecule has 0 unspecified atom stereocenters. The molecule has 1 aliphatic rings. The molecule has 0 saturated carbocycles. The van der Waals surface area contributed by atoms with Crippen LogP contribution in [-0.4, -0.2) is 39.2 Å². The first-order valence-electron chi connectivity index (χ1n) is 8.88. The highest BCUT2D eigenvalue weighted by Gasteiger charge is 2.27. The van der Waals surface area contributed by atoms with Crippen molar-refractivity contribution in [2.75, 3.05) is 13.6 Å². The summed E-state index contributed by atoms with van der Waals surface area (Å²) in [7, 11) is 2.07. The molecule has 134 valence electrons. The molecule has 0 radical (unpaired) electrons. The van der Waals surface area contributed by atoms with Crippen LogP contribution >= 0.6 is 0 Å². The second kappa shape index (κ2) is 6.50. The van der Waals surface area contributed by atoms with E-state index in [1.54, 1.807) is 0 Å². The van der Waals surface area contributed by atoms with E-state index in [0.717, 1.165) is 37.2 Å². The summed E-state index contributed by atoms with van der Waals surface area (Å²) < 4.78 is 2.11. The zero-order chi connectivity index (χ0) is 18.3. The molecule has 5 nitrogen and oxygen atoms in total. The average molecular weight is 350 g/mol. The molecule has 0 atom stereocenters. The maximum absolute atomic E-state index is 11.8. The van der Waals surface area contributed by atoms with E-state index in [2.05, 4.69) is 28.6 Å². The lowest BCUT2D eigenvalue weighted by Gasteiger charge is -2.24. The molecule has 5 heteroatoms. The number of carboxylic acid groups (broad SMARTS) is 1. The van der Waals surface area contributed by atoms with Crippen molar-refractivity contribution in [2.45, 2.75) is 25.9 Å². The Morgan fingerprint density at radius 3 is 2.65 bits per heavy atom. The number of carboxylic acids is 1. The van der Waals surface area contributed by atoms with E-state index in [4.69, 9.17) is 0 Å². The summed E-state index contributed by atoms with van der Waals surface area (Å²) in [6.45, 7) is 2.35. The minimum Gasteiger partial charge on any atom is -0.507 e. The lowest BCUT2D eigenvalue weighted by atomic mass is 10.0. The van der Waals surface area contributed by atoms with Crippen LogP contribution in [0.15, 0.2) is 42.5 Å². The molecular formula is C21H22N2O3. The van der Waals surface area contributed by atoms with Crippen LogP contribution < -0.4 is 0 Å². The quantitative estimate of drug-likeness (QED) is 0.758. The number of hydrogen-bond acceptors (Lipinski definition) is 3. The van der Waals surface area contributed by atoms with Crippen LogP contribution in [0.2, 0.25) is 0 Å². The summed E-state index contributed by atoms with van der Waals surface area (Å²) in [5, 5.41) is 20.9. The number of benzene rings is 2. The van der Waals surface area contributed by atoms with E-state index in [0.29, 0.717) is 17.4 Å². The van der Waals surface area contributed by atoms with Crippen LogP contribution in [-0.2, 0) is 25.9 Å². The summed E-state index contributed by atoms with van der Waals surface area (Å²) in [5.41, 5.74) is 4.32. The SMILES string of the molecule is CN1CCc2c(n(CCc3ccccc3)c3c(C(=O)O)ccc(O)c23)C1. The highest BCUT2D eigenvalue weighted by molar-refractivity contribution is 6.06. The molecule has 3 aromatic rings. The van der Waals surface area contributed by atoms with Crippen LogP contribution in [0.5, 0.6) is 5.75 Å². The molecule has 4 rings (SSSR count). The Morgan fingerprint density at radius 2 is 1.92 bits per heavy atom. The molecule has 2 heterocycles. The topological polar surface area (TPSA) is 65.7 Å². The van der Waals surface area contributed by atoms with Gasteiger partial charge in [-0.25, -0.2) is 4.79 Å². The van der Waals surface area contributed by atoms with Crippen molar-refractivity contribution in [3.8, 4) is 5.75 Å². The first-order valence-corrected chi connectivity index (χ1v) is 8.88. The Morgan fingerprint density at radius 1 is 1.15 bits per heavy atom. The first kappa shape index (κ1) is 16.7. The summed E-state index contributed by atoms with van der Waals surface area (Å²) in [4.78, 5) is 14.1. The normalized spacial score (nSPS) is 14.5. The van der Waals surface area contributed by atoms with Gasteiger partial charge in [-0.15, -0.1) is 0 Å². The number of aromatic nitrogens is 1. The number of phenolic OH excluding ortho intramolecular Hbond substituents is 1. The molecule has 1 aliphatic heterocycles. The molecule has 2 aromatic carbocycles. The highest BCUT2D eigenvalue weighted by atomic mass is 16.4. The molecule has 0 aliphatic carbocycles. The van der Waals surface area contributed by atoms with E-state index in [9.17, 15) is 15.0 Å². The number of aromatic carboxylic acids is 1. The fraction of sp³-hybridized carbons (Fsp3) is 0.286. The zero-order valence-corrected chi connectivity index (χ0v) is 14.8. The zero-order valence-electron chi connectivity index (χ0n) is 14.8. The number of carbonyl (C=O) groups is 1. The van der Waals surface area contributed by atoms with Crippen molar-refractivity contribution < 1.29 is 15.0 Å². The van der Waals surface area contributed by atoms with Crippen molar-refractivity contribution in [3.63, 3.8) is 0 Å². The minimum atomic E-state index is -0.959. The molecule has 2 N–H and O–H groups in total. The van der Waals surface area contributed by atoms with Gasteiger partial charge < -0.3 is 19.7 Å². The predicted molar refractivity (Wildman–Crippen MR) is 101 cm³/mol. The van der Waals surface area contributed by atoms with Gasteiger partial charge in [0.05, 0.1) is 11.1 Å². The van der Waals surface area contributed by atoms with Crippen molar-refractivity contribution in [1.82, 2.24) is 9.47 Å². The second-order valence-corrected chi connectivity index (χ2v) is 6.96. The maximum atomic E-state index is 11.8. The van der Waals surface area contributed by atoms with Crippen molar-refractivity contribution in [3.05, 3.63) is 64.8 Å². The standard InChI is InChI=1S/C21H22N2O3/c1-22-11-10-15-17(13-22)23(12-9-14-5-3-2-4-6-14)20-16(21(25)26)7-8-18(24)19(15)20/h2-8,24H,9-13H2,1H3,(H,25,26). The average Bonchev–Trinajstić information content (AvgIpc) is 2.95. The van der Waals surface area contributed by atoms with Gasteiger partial charge in [-0.2, -0.15) is 0 Å². The van der Waals surface area contributed by atoms with Crippen molar-refractivity contribution >= 4 is 16.9 Å². The summed E-state index contributed by atoms with van der Waals surface area (Å²) in [6, 6.07) is 13.2. The second-order valence-electron chi connectivity index (χ2n) is 6.96.